The highest BCUT2D eigenvalue weighted by Gasteiger charge is 2.35. The lowest BCUT2D eigenvalue weighted by atomic mass is 9.97. The fourth-order valence-corrected chi connectivity index (χ4v) is 5.87. The van der Waals surface area contributed by atoms with Crippen LogP contribution >= 0.6 is 0 Å². The molecule has 11 heteroatoms. The number of methoxy groups -OCH3 is 1. The zero-order valence-corrected chi connectivity index (χ0v) is 19.6. The third-order valence-corrected chi connectivity index (χ3v) is 7.55. The third-order valence-electron chi connectivity index (χ3n) is 6.11. The first-order valence-electron chi connectivity index (χ1n) is 10.7. The number of amides is 2. The minimum atomic E-state index is -3.36. The van der Waals surface area contributed by atoms with E-state index in [4.69, 9.17) is 4.74 Å². The van der Waals surface area contributed by atoms with Crippen molar-refractivity contribution in [2.45, 2.75) is 38.2 Å². The van der Waals surface area contributed by atoms with Crippen LogP contribution in [-0.4, -0.2) is 61.1 Å². The van der Waals surface area contributed by atoms with Crippen molar-refractivity contribution in [2.75, 3.05) is 25.5 Å². The first-order chi connectivity index (χ1) is 15.6. The Bertz CT molecular complexity index is 1240. The zero-order chi connectivity index (χ0) is 23.9. The third kappa shape index (κ3) is 4.50. The van der Waals surface area contributed by atoms with Gasteiger partial charge < -0.3 is 15.0 Å². The number of fused-ring (bicyclic) bond motifs is 1. The predicted molar refractivity (Wildman–Crippen MR) is 119 cm³/mol. The molecule has 0 unspecified atom stereocenters. The van der Waals surface area contributed by atoms with Crippen molar-refractivity contribution < 1.29 is 27.5 Å². The monoisotopic (exact) mass is 474 g/mol. The minimum absolute atomic E-state index is 0.195. The number of nitrogens with zero attached hydrogens (tertiary/aromatic N) is 3. The molecule has 1 fully saturated rings. The van der Waals surface area contributed by atoms with Crippen LogP contribution in [-0.2, 0) is 40.5 Å². The van der Waals surface area contributed by atoms with Crippen molar-refractivity contribution in [1.82, 2.24) is 14.7 Å². The molecule has 0 radical (unpaired) electrons. The second-order valence-electron chi connectivity index (χ2n) is 8.55. The molecule has 0 saturated carbocycles. The number of piperidine rings is 1. The molecular formula is C22H26N4O6S. The van der Waals surface area contributed by atoms with E-state index in [1.54, 1.807) is 0 Å². The second kappa shape index (κ2) is 8.62. The van der Waals surface area contributed by atoms with Gasteiger partial charge in [0.15, 0.2) is 9.84 Å². The number of likely N-dealkylation sites (tertiary alicyclic amines) is 1. The van der Waals surface area contributed by atoms with Gasteiger partial charge in [-0.05, 0) is 38.3 Å². The molecule has 4 rings (SSSR count). The van der Waals surface area contributed by atoms with Gasteiger partial charge in [-0.25, -0.2) is 13.1 Å². The quantitative estimate of drug-likeness (QED) is 0.524. The Hall–Kier alpha value is -3.21. The highest BCUT2D eigenvalue weighted by Crippen LogP contribution is 2.34. The topological polar surface area (TPSA) is 128 Å². The maximum Gasteiger partial charge on any atom is 0.315 e. The summed E-state index contributed by atoms with van der Waals surface area (Å²) in [5, 5.41) is 7.08. The summed E-state index contributed by atoms with van der Waals surface area (Å²) >= 11 is 0. The van der Waals surface area contributed by atoms with Gasteiger partial charge in [0.1, 0.15) is 5.82 Å². The van der Waals surface area contributed by atoms with Gasteiger partial charge in [0.2, 0.25) is 0 Å². The Labute approximate surface area is 191 Å². The molecule has 3 heterocycles. The van der Waals surface area contributed by atoms with Gasteiger partial charge in [-0.15, -0.1) is 0 Å². The molecule has 2 aromatic rings. The van der Waals surface area contributed by atoms with E-state index in [0.29, 0.717) is 29.8 Å². The smallest absolute Gasteiger partial charge is 0.315 e. The standard InChI is InChI=1S/C22H26N4O6S/c1-13-4-5-18(14(2)10-13)26-19(16-11-33(30,31)12-17(16)24-26)23-20(27)21(28)25-8-6-15(7-9-25)22(29)32-3/h4-5,10,15H,6-9,11-12H2,1-3H3,(H,23,27). The van der Waals surface area contributed by atoms with Crippen molar-refractivity contribution in [2.24, 2.45) is 5.92 Å². The van der Waals surface area contributed by atoms with Crippen molar-refractivity contribution in [3.05, 3.63) is 40.6 Å². The summed E-state index contributed by atoms with van der Waals surface area (Å²) < 4.78 is 30.6. The molecule has 10 nitrogen and oxygen atoms in total. The summed E-state index contributed by atoms with van der Waals surface area (Å²) in [7, 11) is -2.04. The lowest BCUT2D eigenvalue weighted by Crippen LogP contribution is -2.45. The van der Waals surface area contributed by atoms with E-state index in [1.807, 2.05) is 32.0 Å². The van der Waals surface area contributed by atoms with Crippen LogP contribution in [0.15, 0.2) is 18.2 Å². The molecule has 2 amide bonds. The molecule has 0 atom stereocenters. The minimum Gasteiger partial charge on any atom is -0.469 e. The second-order valence-corrected chi connectivity index (χ2v) is 10.6. The summed E-state index contributed by atoms with van der Waals surface area (Å²) in [4.78, 5) is 38.8. The van der Waals surface area contributed by atoms with E-state index < -0.39 is 21.7 Å². The number of anilines is 1. The fraction of sp³-hybridized carbons (Fsp3) is 0.455. The summed E-state index contributed by atoms with van der Waals surface area (Å²) in [6, 6.07) is 5.70. The number of nitrogens with one attached hydrogen (secondary N) is 1. The number of hydrogen-bond donors (Lipinski definition) is 1. The molecular weight excluding hydrogens is 448 g/mol. The number of esters is 1. The van der Waals surface area contributed by atoms with Crippen LogP contribution in [0.25, 0.3) is 5.69 Å². The van der Waals surface area contributed by atoms with Crippen LogP contribution in [0, 0.1) is 19.8 Å². The van der Waals surface area contributed by atoms with E-state index in [0.717, 1.165) is 11.1 Å². The summed E-state index contributed by atoms with van der Waals surface area (Å²) in [6.07, 6.45) is 0.833. The number of sulfone groups is 1. The van der Waals surface area contributed by atoms with Gasteiger partial charge in [0, 0.05) is 18.7 Å². The summed E-state index contributed by atoms with van der Waals surface area (Å²) in [5.41, 5.74) is 3.41. The van der Waals surface area contributed by atoms with E-state index in [9.17, 15) is 22.8 Å². The summed E-state index contributed by atoms with van der Waals surface area (Å²) in [6.45, 7) is 4.37. The molecule has 1 N–H and O–H groups in total. The van der Waals surface area contributed by atoms with Crippen LogP contribution < -0.4 is 5.32 Å². The van der Waals surface area contributed by atoms with Crippen LogP contribution in [0.5, 0.6) is 0 Å². The molecule has 0 bridgehead atoms. The number of aryl methyl sites for hydroxylation is 2. The maximum atomic E-state index is 12.9. The van der Waals surface area contributed by atoms with Crippen LogP contribution in [0.1, 0.15) is 35.2 Å². The molecule has 2 aliphatic heterocycles. The average Bonchev–Trinajstić information content (AvgIpc) is 3.24. The number of hydrogen-bond acceptors (Lipinski definition) is 7. The largest absolute Gasteiger partial charge is 0.469 e. The van der Waals surface area contributed by atoms with Gasteiger partial charge in [-0.2, -0.15) is 5.10 Å². The molecule has 1 aromatic carbocycles. The van der Waals surface area contributed by atoms with Crippen LogP contribution in [0.2, 0.25) is 0 Å². The molecule has 0 aliphatic carbocycles. The molecule has 176 valence electrons. The van der Waals surface area contributed by atoms with Crippen molar-refractivity contribution in [3.63, 3.8) is 0 Å². The Morgan fingerprint density at radius 1 is 1.12 bits per heavy atom. The van der Waals surface area contributed by atoms with E-state index >= 15 is 0 Å². The molecule has 33 heavy (non-hydrogen) atoms. The SMILES string of the molecule is COC(=O)C1CCN(C(=O)C(=O)Nc2c3c(nn2-c2ccc(C)cc2C)CS(=O)(=O)C3)CC1. The van der Waals surface area contributed by atoms with E-state index in [2.05, 4.69) is 10.4 Å². The average molecular weight is 475 g/mol. The number of carbonyl (C=O) groups excluding carboxylic acids is 3. The Balaban J connectivity index is 1.59. The fourth-order valence-electron chi connectivity index (χ4n) is 4.38. The Kier molecular flexibility index (Phi) is 6.00. The molecule has 1 saturated heterocycles. The maximum absolute atomic E-state index is 12.9. The first-order valence-corrected chi connectivity index (χ1v) is 12.5. The Morgan fingerprint density at radius 3 is 2.45 bits per heavy atom. The zero-order valence-electron chi connectivity index (χ0n) is 18.8. The lowest BCUT2D eigenvalue weighted by Gasteiger charge is -2.30. The number of carbonyl (C=O) groups is 3. The lowest BCUT2D eigenvalue weighted by molar-refractivity contribution is -0.150. The van der Waals surface area contributed by atoms with Gasteiger partial charge in [-0.3, -0.25) is 14.4 Å². The van der Waals surface area contributed by atoms with Gasteiger partial charge >= 0.3 is 17.8 Å². The van der Waals surface area contributed by atoms with Crippen LogP contribution in [0.3, 0.4) is 0 Å². The molecule has 1 aromatic heterocycles. The number of benzene rings is 1. The molecule has 0 spiro atoms. The number of aromatic nitrogens is 2. The van der Waals surface area contributed by atoms with E-state index in [-0.39, 0.29) is 42.3 Å². The highest BCUT2D eigenvalue weighted by molar-refractivity contribution is 7.90. The first kappa shape index (κ1) is 23.0. The number of rotatable bonds is 3. The highest BCUT2D eigenvalue weighted by atomic mass is 32.2. The number of ether oxygens (including phenoxy) is 1. The van der Waals surface area contributed by atoms with E-state index in [1.165, 1.54) is 16.7 Å². The van der Waals surface area contributed by atoms with Crippen molar-refractivity contribution in [3.8, 4) is 5.69 Å². The predicted octanol–water partition coefficient (Wildman–Crippen LogP) is 1.27. The summed E-state index contributed by atoms with van der Waals surface area (Å²) in [5.74, 6) is -2.48. The van der Waals surface area contributed by atoms with Gasteiger partial charge in [-0.1, -0.05) is 17.7 Å². The Morgan fingerprint density at radius 2 is 1.82 bits per heavy atom. The van der Waals surface area contributed by atoms with Gasteiger partial charge in [0.25, 0.3) is 0 Å². The van der Waals surface area contributed by atoms with Gasteiger partial charge in [0.05, 0.1) is 35.9 Å². The van der Waals surface area contributed by atoms with Crippen LogP contribution in [0.4, 0.5) is 5.82 Å². The van der Waals surface area contributed by atoms with Crippen molar-refractivity contribution in [1.29, 1.82) is 0 Å². The molecule has 2 aliphatic rings. The van der Waals surface area contributed by atoms with Crippen molar-refractivity contribution >= 4 is 33.4 Å². The normalized spacial score (nSPS) is 17.5.